The number of benzene rings is 1. The minimum atomic E-state index is -4.50. The van der Waals surface area contributed by atoms with Gasteiger partial charge in [-0.2, -0.15) is 13.2 Å². The Labute approximate surface area is 101 Å². The van der Waals surface area contributed by atoms with Crippen LogP contribution in [0.15, 0.2) is 47.5 Å². The Morgan fingerprint density at radius 2 is 1.83 bits per heavy atom. The van der Waals surface area contributed by atoms with E-state index in [-0.39, 0.29) is 6.54 Å². The molecular weight excluding hydrogens is 245 g/mol. The first kappa shape index (κ1) is 12.3. The molecule has 2 rings (SSSR count). The lowest BCUT2D eigenvalue weighted by Gasteiger charge is -2.09. The average molecular weight is 254 g/mol. The summed E-state index contributed by atoms with van der Waals surface area (Å²) in [5, 5.41) is 0. The van der Waals surface area contributed by atoms with Gasteiger partial charge in [-0.15, -0.1) is 0 Å². The van der Waals surface area contributed by atoms with Gasteiger partial charge in [0.2, 0.25) is 0 Å². The van der Waals surface area contributed by atoms with Crippen molar-refractivity contribution in [2.24, 2.45) is 0 Å². The second-order valence-corrected chi connectivity index (χ2v) is 3.74. The molecule has 3 nitrogen and oxygen atoms in total. The molecule has 0 spiro atoms. The molecule has 18 heavy (non-hydrogen) atoms. The van der Waals surface area contributed by atoms with Crippen LogP contribution in [0.1, 0.15) is 11.1 Å². The highest BCUT2D eigenvalue weighted by Gasteiger charge is 2.31. The summed E-state index contributed by atoms with van der Waals surface area (Å²) in [6.45, 7) is 0.0661. The number of halogens is 3. The zero-order valence-electron chi connectivity index (χ0n) is 9.19. The van der Waals surface area contributed by atoms with Crippen LogP contribution in [0.5, 0.6) is 0 Å². The van der Waals surface area contributed by atoms with Crippen molar-refractivity contribution in [3.8, 4) is 0 Å². The van der Waals surface area contributed by atoms with E-state index >= 15 is 0 Å². The minimum absolute atomic E-state index is 0.0661. The zero-order valence-corrected chi connectivity index (χ0v) is 9.19. The fourth-order valence-corrected chi connectivity index (χ4v) is 1.50. The molecular formula is C12H9F3N2O. The molecule has 0 aliphatic rings. The van der Waals surface area contributed by atoms with Crippen molar-refractivity contribution in [3.63, 3.8) is 0 Å². The van der Waals surface area contributed by atoms with Gasteiger partial charge in [-0.05, 0) is 5.56 Å². The van der Waals surface area contributed by atoms with Crippen molar-refractivity contribution < 1.29 is 13.2 Å². The summed E-state index contributed by atoms with van der Waals surface area (Å²) in [5.41, 5.74) is -0.898. The summed E-state index contributed by atoms with van der Waals surface area (Å²) in [7, 11) is 0. The van der Waals surface area contributed by atoms with Crippen molar-refractivity contribution >= 4 is 0 Å². The molecule has 0 radical (unpaired) electrons. The number of alkyl halides is 3. The SMILES string of the molecule is O=c1ncc(C(F)(F)F)cn1Cc1ccccc1. The first-order chi connectivity index (χ1) is 8.47. The van der Waals surface area contributed by atoms with Gasteiger partial charge in [0.25, 0.3) is 0 Å². The second kappa shape index (κ2) is 4.64. The van der Waals surface area contributed by atoms with Crippen LogP contribution in [-0.2, 0) is 12.7 Å². The molecule has 0 unspecified atom stereocenters. The van der Waals surface area contributed by atoms with Gasteiger partial charge in [-0.3, -0.25) is 4.57 Å². The van der Waals surface area contributed by atoms with E-state index in [0.29, 0.717) is 6.20 Å². The van der Waals surface area contributed by atoms with Gasteiger partial charge in [0, 0.05) is 12.4 Å². The molecule has 0 N–H and O–H groups in total. The largest absolute Gasteiger partial charge is 0.419 e. The van der Waals surface area contributed by atoms with Crippen LogP contribution < -0.4 is 5.69 Å². The number of hydrogen-bond donors (Lipinski definition) is 0. The van der Waals surface area contributed by atoms with Crippen LogP contribution >= 0.6 is 0 Å². The Bertz CT molecular complexity index is 590. The molecule has 6 heteroatoms. The van der Waals surface area contributed by atoms with Gasteiger partial charge in [0.1, 0.15) is 0 Å². The van der Waals surface area contributed by atoms with Gasteiger partial charge >= 0.3 is 11.9 Å². The molecule has 1 heterocycles. The van der Waals surface area contributed by atoms with E-state index < -0.39 is 17.4 Å². The monoisotopic (exact) mass is 254 g/mol. The van der Waals surface area contributed by atoms with E-state index in [1.165, 1.54) is 0 Å². The Kier molecular flexibility index (Phi) is 3.18. The van der Waals surface area contributed by atoms with E-state index in [1.54, 1.807) is 30.3 Å². The van der Waals surface area contributed by atoms with E-state index in [0.717, 1.165) is 16.3 Å². The quantitative estimate of drug-likeness (QED) is 0.824. The Balaban J connectivity index is 2.36. The van der Waals surface area contributed by atoms with E-state index in [9.17, 15) is 18.0 Å². The highest BCUT2D eigenvalue weighted by Crippen LogP contribution is 2.27. The highest BCUT2D eigenvalue weighted by atomic mass is 19.4. The summed E-state index contributed by atoms with van der Waals surface area (Å²) < 4.78 is 38.4. The molecule has 0 saturated heterocycles. The van der Waals surface area contributed by atoms with E-state index in [2.05, 4.69) is 4.98 Å². The maximum absolute atomic E-state index is 12.5. The topological polar surface area (TPSA) is 34.9 Å². The smallest absolute Gasteiger partial charge is 0.294 e. The fourth-order valence-electron chi connectivity index (χ4n) is 1.50. The Morgan fingerprint density at radius 3 is 2.44 bits per heavy atom. The highest BCUT2D eigenvalue weighted by molar-refractivity contribution is 5.16. The predicted octanol–water partition coefficient (Wildman–Crippen LogP) is 2.31. The molecule has 0 bridgehead atoms. The number of rotatable bonds is 2. The third-order valence-electron chi connectivity index (χ3n) is 2.38. The maximum atomic E-state index is 12.5. The molecule has 94 valence electrons. The zero-order chi connectivity index (χ0) is 13.2. The number of aromatic nitrogens is 2. The predicted molar refractivity (Wildman–Crippen MR) is 59.0 cm³/mol. The van der Waals surface area contributed by atoms with Gasteiger partial charge < -0.3 is 0 Å². The van der Waals surface area contributed by atoms with Gasteiger partial charge in [-0.1, -0.05) is 30.3 Å². The summed E-state index contributed by atoms with van der Waals surface area (Å²) in [4.78, 5) is 14.6. The van der Waals surface area contributed by atoms with Crippen LogP contribution in [0.4, 0.5) is 13.2 Å². The average Bonchev–Trinajstić information content (AvgIpc) is 2.32. The van der Waals surface area contributed by atoms with Crippen LogP contribution in [-0.4, -0.2) is 9.55 Å². The number of nitrogens with zero attached hydrogens (tertiary/aromatic N) is 2. The normalized spacial score (nSPS) is 11.5. The molecule has 0 aliphatic carbocycles. The van der Waals surface area contributed by atoms with Gasteiger partial charge in [0.05, 0.1) is 12.1 Å². The molecule has 1 aromatic carbocycles. The Morgan fingerprint density at radius 1 is 1.17 bits per heavy atom. The molecule has 0 amide bonds. The number of hydrogen-bond acceptors (Lipinski definition) is 2. The van der Waals surface area contributed by atoms with Gasteiger partial charge in [0.15, 0.2) is 0 Å². The summed E-state index contributed by atoms with van der Waals surface area (Å²) in [6.07, 6.45) is -3.18. The van der Waals surface area contributed by atoms with Crippen molar-refractivity contribution in [1.29, 1.82) is 0 Å². The van der Waals surface area contributed by atoms with Crippen LogP contribution in [0.3, 0.4) is 0 Å². The maximum Gasteiger partial charge on any atom is 0.419 e. The lowest BCUT2D eigenvalue weighted by Crippen LogP contribution is -2.25. The molecule has 0 atom stereocenters. The molecule has 0 saturated carbocycles. The molecule has 0 aliphatic heterocycles. The van der Waals surface area contributed by atoms with E-state index in [1.807, 2.05) is 0 Å². The lowest BCUT2D eigenvalue weighted by atomic mass is 10.2. The minimum Gasteiger partial charge on any atom is -0.294 e. The van der Waals surface area contributed by atoms with Crippen LogP contribution in [0, 0.1) is 0 Å². The summed E-state index contributed by atoms with van der Waals surface area (Å²) in [5.74, 6) is 0. The Hall–Kier alpha value is -2.11. The van der Waals surface area contributed by atoms with Crippen molar-refractivity contribution in [2.45, 2.75) is 12.7 Å². The standard InChI is InChI=1S/C12H9F3N2O/c13-12(14,15)10-6-16-11(18)17(8-10)7-9-4-2-1-3-5-9/h1-6,8H,7H2. The molecule has 2 aromatic rings. The van der Waals surface area contributed by atoms with Crippen molar-refractivity contribution in [2.75, 3.05) is 0 Å². The van der Waals surface area contributed by atoms with E-state index in [4.69, 9.17) is 0 Å². The third kappa shape index (κ3) is 2.77. The van der Waals surface area contributed by atoms with Crippen LogP contribution in [0.2, 0.25) is 0 Å². The van der Waals surface area contributed by atoms with Crippen molar-refractivity contribution in [3.05, 3.63) is 64.3 Å². The second-order valence-electron chi connectivity index (χ2n) is 3.74. The lowest BCUT2D eigenvalue weighted by molar-refractivity contribution is -0.138. The van der Waals surface area contributed by atoms with Crippen LogP contribution in [0.25, 0.3) is 0 Å². The molecule has 0 fully saturated rings. The van der Waals surface area contributed by atoms with Gasteiger partial charge in [-0.25, -0.2) is 9.78 Å². The summed E-state index contributed by atoms with van der Waals surface area (Å²) in [6, 6.07) is 8.75. The third-order valence-corrected chi connectivity index (χ3v) is 2.38. The first-order valence-electron chi connectivity index (χ1n) is 5.14. The molecule has 1 aromatic heterocycles. The summed E-state index contributed by atoms with van der Waals surface area (Å²) >= 11 is 0. The fraction of sp³-hybridized carbons (Fsp3) is 0.167. The van der Waals surface area contributed by atoms with Crippen molar-refractivity contribution in [1.82, 2.24) is 9.55 Å². The first-order valence-corrected chi connectivity index (χ1v) is 5.14.